The number of ether oxygens (including phenoxy) is 1. The molecule has 0 heterocycles. The van der Waals surface area contributed by atoms with Gasteiger partial charge in [0.2, 0.25) is 0 Å². The standard InChI is InChI=1S/C18H28O2/c1-3-5-6-7-11-15-18(19)20-17(12-4-2)16-13-9-8-10-14-16/h8-10,13-14,17H,3-7,11-12,15H2,1-2H3. The Morgan fingerprint density at radius 2 is 1.70 bits per heavy atom. The third-order valence-electron chi connectivity index (χ3n) is 3.48. The molecular weight excluding hydrogens is 248 g/mol. The highest BCUT2D eigenvalue weighted by molar-refractivity contribution is 5.69. The van der Waals surface area contributed by atoms with Crippen molar-refractivity contribution in [2.24, 2.45) is 0 Å². The predicted molar refractivity (Wildman–Crippen MR) is 83.6 cm³/mol. The zero-order valence-electron chi connectivity index (χ0n) is 12.9. The van der Waals surface area contributed by atoms with E-state index < -0.39 is 0 Å². The summed E-state index contributed by atoms with van der Waals surface area (Å²) < 4.78 is 5.64. The van der Waals surface area contributed by atoms with E-state index in [-0.39, 0.29) is 12.1 Å². The Balaban J connectivity index is 2.36. The maximum absolute atomic E-state index is 11.9. The highest BCUT2D eigenvalue weighted by Crippen LogP contribution is 2.23. The molecule has 0 aliphatic heterocycles. The van der Waals surface area contributed by atoms with Gasteiger partial charge < -0.3 is 4.74 Å². The van der Waals surface area contributed by atoms with Crippen molar-refractivity contribution in [2.75, 3.05) is 0 Å². The van der Waals surface area contributed by atoms with Crippen LogP contribution in [-0.4, -0.2) is 5.97 Å². The van der Waals surface area contributed by atoms with Crippen LogP contribution in [-0.2, 0) is 9.53 Å². The van der Waals surface area contributed by atoms with Gasteiger partial charge >= 0.3 is 5.97 Å². The summed E-state index contributed by atoms with van der Waals surface area (Å²) in [4.78, 5) is 11.9. The van der Waals surface area contributed by atoms with Crippen LogP contribution in [0, 0.1) is 0 Å². The van der Waals surface area contributed by atoms with Crippen molar-refractivity contribution in [3.63, 3.8) is 0 Å². The Bertz CT molecular complexity index is 359. The topological polar surface area (TPSA) is 26.3 Å². The lowest BCUT2D eigenvalue weighted by Gasteiger charge is -2.17. The van der Waals surface area contributed by atoms with Gasteiger partial charge in [0.15, 0.2) is 0 Å². The predicted octanol–water partition coefficient (Wildman–Crippen LogP) is 5.43. The second-order valence-electron chi connectivity index (χ2n) is 5.34. The second-order valence-corrected chi connectivity index (χ2v) is 5.34. The van der Waals surface area contributed by atoms with Crippen LogP contribution in [0.25, 0.3) is 0 Å². The largest absolute Gasteiger partial charge is 0.457 e. The number of rotatable bonds is 10. The van der Waals surface area contributed by atoms with E-state index in [0.29, 0.717) is 6.42 Å². The van der Waals surface area contributed by atoms with Gasteiger partial charge in [0.25, 0.3) is 0 Å². The monoisotopic (exact) mass is 276 g/mol. The average molecular weight is 276 g/mol. The van der Waals surface area contributed by atoms with Gasteiger partial charge in [-0.3, -0.25) is 4.79 Å². The van der Waals surface area contributed by atoms with Crippen LogP contribution in [0.1, 0.15) is 76.9 Å². The van der Waals surface area contributed by atoms with Gasteiger partial charge in [0.1, 0.15) is 6.10 Å². The van der Waals surface area contributed by atoms with Crippen LogP contribution in [0.5, 0.6) is 0 Å². The Morgan fingerprint density at radius 1 is 1.00 bits per heavy atom. The number of hydrogen-bond acceptors (Lipinski definition) is 2. The number of benzene rings is 1. The lowest BCUT2D eigenvalue weighted by molar-refractivity contribution is -0.150. The van der Waals surface area contributed by atoms with Crippen molar-refractivity contribution in [2.45, 2.75) is 71.3 Å². The van der Waals surface area contributed by atoms with Crippen molar-refractivity contribution >= 4 is 5.97 Å². The van der Waals surface area contributed by atoms with Gasteiger partial charge in [0.05, 0.1) is 0 Å². The maximum Gasteiger partial charge on any atom is 0.306 e. The highest BCUT2D eigenvalue weighted by Gasteiger charge is 2.15. The molecule has 0 amide bonds. The van der Waals surface area contributed by atoms with E-state index in [4.69, 9.17) is 4.74 Å². The zero-order chi connectivity index (χ0) is 14.6. The first kappa shape index (κ1) is 16.7. The van der Waals surface area contributed by atoms with E-state index in [1.54, 1.807) is 0 Å². The van der Waals surface area contributed by atoms with Crippen molar-refractivity contribution < 1.29 is 9.53 Å². The molecule has 20 heavy (non-hydrogen) atoms. The van der Waals surface area contributed by atoms with Crippen molar-refractivity contribution in [1.29, 1.82) is 0 Å². The van der Waals surface area contributed by atoms with Gasteiger partial charge in [-0.05, 0) is 18.4 Å². The van der Waals surface area contributed by atoms with Gasteiger partial charge in [-0.2, -0.15) is 0 Å². The summed E-state index contributed by atoms with van der Waals surface area (Å²) in [6.45, 7) is 4.32. The molecule has 0 aliphatic carbocycles. The summed E-state index contributed by atoms with van der Waals surface area (Å²) in [7, 11) is 0. The molecule has 1 aromatic carbocycles. The Hall–Kier alpha value is -1.31. The number of carbonyl (C=O) groups is 1. The molecule has 1 rings (SSSR count). The summed E-state index contributed by atoms with van der Waals surface area (Å²) in [5.41, 5.74) is 1.11. The van der Waals surface area contributed by atoms with Crippen molar-refractivity contribution in [3.05, 3.63) is 35.9 Å². The SMILES string of the molecule is CCCCCCCC(=O)OC(CCC)c1ccccc1. The van der Waals surface area contributed by atoms with Gasteiger partial charge in [-0.25, -0.2) is 0 Å². The molecule has 0 aliphatic rings. The van der Waals surface area contributed by atoms with Gasteiger partial charge in [0, 0.05) is 6.42 Å². The van der Waals surface area contributed by atoms with Crippen LogP contribution in [0.3, 0.4) is 0 Å². The third-order valence-corrected chi connectivity index (χ3v) is 3.48. The fourth-order valence-corrected chi connectivity index (χ4v) is 2.31. The van der Waals surface area contributed by atoms with E-state index >= 15 is 0 Å². The van der Waals surface area contributed by atoms with Crippen molar-refractivity contribution in [3.8, 4) is 0 Å². The minimum absolute atomic E-state index is 0.0520. The van der Waals surface area contributed by atoms with Crippen molar-refractivity contribution in [1.82, 2.24) is 0 Å². The Kier molecular flexibility index (Phi) is 8.77. The number of esters is 1. The summed E-state index contributed by atoms with van der Waals surface area (Å²) in [5, 5.41) is 0. The van der Waals surface area contributed by atoms with E-state index in [9.17, 15) is 4.79 Å². The molecule has 0 spiro atoms. The summed E-state index contributed by atoms with van der Waals surface area (Å²) in [5.74, 6) is -0.0520. The fourth-order valence-electron chi connectivity index (χ4n) is 2.31. The van der Waals surface area contributed by atoms with Crippen LogP contribution < -0.4 is 0 Å². The summed E-state index contributed by atoms with van der Waals surface area (Å²) in [6, 6.07) is 10.1. The smallest absolute Gasteiger partial charge is 0.306 e. The van der Waals surface area contributed by atoms with E-state index in [2.05, 4.69) is 13.8 Å². The van der Waals surface area contributed by atoms with Crippen LogP contribution >= 0.6 is 0 Å². The molecule has 1 atom stereocenters. The molecule has 1 unspecified atom stereocenters. The number of carbonyl (C=O) groups excluding carboxylic acids is 1. The molecule has 0 saturated carbocycles. The Morgan fingerprint density at radius 3 is 2.35 bits per heavy atom. The molecule has 0 radical (unpaired) electrons. The normalized spacial score (nSPS) is 12.1. The van der Waals surface area contributed by atoms with Crippen LogP contribution in [0.15, 0.2) is 30.3 Å². The molecule has 0 fully saturated rings. The van der Waals surface area contributed by atoms with E-state index in [0.717, 1.165) is 31.2 Å². The molecule has 0 aromatic heterocycles. The summed E-state index contributed by atoms with van der Waals surface area (Å²) >= 11 is 0. The molecule has 0 bridgehead atoms. The van der Waals surface area contributed by atoms with Gasteiger partial charge in [-0.1, -0.05) is 76.3 Å². The second kappa shape index (κ2) is 10.5. The number of hydrogen-bond donors (Lipinski definition) is 0. The fraction of sp³-hybridized carbons (Fsp3) is 0.611. The van der Waals surface area contributed by atoms with E-state index in [1.165, 1.54) is 19.3 Å². The van der Waals surface area contributed by atoms with Crippen LogP contribution in [0.2, 0.25) is 0 Å². The lowest BCUT2D eigenvalue weighted by Crippen LogP contribution is -2.11. The molecular formula is C18H28O2. The van der Waals surface area contributed by atoms with Gasteiger partial charge in [-0.15, -0.1) is 0 Å². The zero-order valence-corrected chi connectivity index (χ0v) is 12.9. The molecule has 0 N–H and O–H groups in total. The minimum Gasteiger partial charge on any atom is -0.457 e. The maximum atomic E-state index is 11.9. The molecule has 2 nitrogen and oxygen atoms in total. The highest BCUT2D eigenvalue weighted by atomic mass is 16.5. The third kappa shape index (κ3) is 6.74. The lowest BCUT2D eigenvalue weighted by atomic mass is 10.1. The first-order valence-corrected chi connectivity index (χ1v) is 8.02. The number of unbranched alkanes of at least 4 members (excludes halogenated alkanes) is 4. The average Bonchev–Trinajstić information content (AvgIpc) is 2.47. The Labute approximate surface area is 123 Å². The first-order valence-electron chi connectivity index (χ1n) is 8.02. The minimum atomic E-state index is -0.0793. The first-order chi connectivity index (χ1) is 9.77. The van der Waals surface area contributed by atoms with E-state index in [1.807, 2.05) is 30.3 Å². The summed E-state index contributed by atoms with van der Waals surface area (Å²) in [6.07, 6.45) is 8.18. The molecule has 1 aromatic rings. The quantitative estimate of drug-likeness (QED) is 0.420. The molecule has 2 heteroatoms. The molecule has 112 valence electrons. The van der Waals surface area contributed by atoms with Crippen LogP contribution in [0.4, 0.5) is 0 Å². The molecule has 0 saturated heterocycles.